The molecule has 0 saturated carbocycles. The molecule has 1 aromatic rings. The van der Waals surface area contributed by atoms with Crippen molar-refractivity contribution in [3.63, 3.8) is 0 Å². The zero-order valence-electron chi connectivity index (χ0n) is 7.90. The monoisotopic (exact) mass is 200 g/mol. The molecule has 1 heteroatoms. The summed E-state index contributed by atoms with van der Waals surface area (Å²) in [4.78, 5) is 1.02. The molecule has 0 N–H and O–H groups in total. The average molecular weight is 200 g/mol. The van der Waals surface area contributed by atoms with Gasteiger partial charge >= 0.3 is 0 Å². The minimum absolute atomic E-state index is 0.938. The Kier molecular flexibility index (Phi) is 2.60. The van der Waals surface area contributed by atoms with Crippen molar-refractivity contribution in [2.75, 3.05) is 0 Å². The Balaban J connectivity index is 2.38. The third-order valence-electron chi connectivity index (χ3n) is 2.30. The van der Waals surface area contributed by atoms with Crippen LogP contribution in [0.2, 0.25) is 0 Å². The van der Waals surface area contributed by atoms with Gasteiger partial charge in [0.1, 0.15) is 0 Å². The highest BCUT2D eigenvalue weighted by Crippen LogP contribution is 2.27. The molecule has 0 aliphatic heterocycles. The van der Waals surface area contributed by atoms with E-state index < -0.39 is 0 Å². The van der Waals surface area contributed by atoms with E-state index in [0.717, 1.165) is 16.9 Å². The topological polar surface area (TPSA) is 0 Å². The van der Waals surface area contributed by atoms with Crippen molar-refractivity contribution in [2.24, 2.45) is 0 Å². The molecule has 0 fully saturated rings. The number of allylic oxidation sites excluding steroid dienone is 5. The summed E-state index contributed by atoms with van der Waals surface area (Å²) in [5.74, 6) is 0. The first-order chi connectivity index (χ1) is 6.77. The van der Waals surface area contributed by atoms with Crippen molar-refractivity contribution in [3.8, 4) is 0 Å². The molecule has 0 saturated heterocycles. The van der Waals surface area contributed by atoms with Crippen LogP contribution >= 0.6 is 12.6 Å². The van der Waals surface area contributed by atoms with Gasteiger partial charge in [-0.05, 0) is 23.6 Å². The molecule has 1 aliphatic rings. The van der Waals surface area contributed by atoms with E-state index in [-0.39, 0.29) is 0 Å². The predicted molar refractivity (Wildman–Crippen MR) is 64.6 cm³/mol. The Labute approximate surface area is 90.1 Å². The van der Waals surface area contributed by atoms with Gasteiger partial charge in [-0.15, -0.1) is 12.6 Å². The van der Waals surface area contributed by atoms with Gasteiger partial charge in [-0.2, -0.15) is 0 Å². The summed E-state index contributed by atoms with van der Waals surface area (Å²) in [5.41, 5.74) is 3.59. The van der Waals surface area contributed by atoms with Crippen LogP contribution in [0.15, 0.2) is 59.5 Å². The van der Waals surface area contributed by atoms with Crippen LogP contribution in [0.3, 0.4) is 0 Å². The first-order valence-corrected chi connectivity index (χ1v) is 5.06. The fraction of sp³-hybridized carbons (Fsp3) is 0.0769. The number of hydrogen-bond acceptors (Lipinski definition) is 1. The third-order valence-corrected chi connectivity index (χ3v) is 2.69. The molecular weight excluding hydrogens is 188 g/mol. The largest absolute Gasteiger partial charge is 0.143 e. The summed E-state index contributed by atoms with van der Waals surface area (Å²) < 4.78 is 0. The van der Waals surface area contributed by atoms with Gasteiger partial charge in [0.2, 0.25) is 0 Å². The molecular formula is C13H12S. The van der Waals surface area contributed by atoms with E-state index in [1.54, 1.807) is 0 Å². The van der Waals surface area contributed by atoms with Crippen molar-refractivity contribution >= 4 is 18.2 Å². The molecule has 0 radical (unpaired) electrons. The predicted octanol–water partition coefficient (Wildman–Crippen LogP) is 3.87. The van der Waals surface area contributed by atoms with E-state index in [2.05, 4.69) is 43.5 Å². The normalized spacial score (nSPS) is 15.5. The van der Waals surface area contributed by atoms with Crippen LogP contribution in [0.5, 0.6) is 0 Å². The minimum Gasteiger partial charge on any atom is -0.143 e. The lowest BCUT2D eigenvalue weighted by molar-refractivity contribution is 1.27. The standard InChI is InChI=1S/C13H12S/c1-10-6-8-11(9-7-10)12-4-2-3-5-13(12)14/h2-6,8-9,14H,1,7H2. The first kappa shape index (κ1) is 9.35. The number of thiol groups is 1. The van der Waals surface area contributed by atoms with Gasteiger partial charge < -0.3 is 0 Å². The highest BCUT2D eigenvalue weighted by molar-refractivity contribution is 7.80. The lowest BCUT2D eigenvalue weighted by Crippen LogP contribution is -1.88. The zero-order chi connectivity index (χ0) is 9.97. The van der Waals surface area contributed by atoms with Crippen molar-refractivity contribution in [2.45, 2.75) is 11.3 Å². The third kappa shape index (κ3) is 1.83. The van der Waals surface area contributed by atoms with Gasteiger partial charge in [0, 0.05) is 4.90 Å². The molecule has 0 bridgehead atoms. The Morgan fingerprint density at radius 3 is 2.57 bits per heavy atom. The van der Waals surface area contributed by atoms with Crippen molar-refractivity contribution in [3.05, 3.63) is 60.2 Å². The molecule has 0 spiro atoms. The molecule has 2 rings (SSSR count). The second-order valence-corrected chi connectivity index (χ2v) is 3.85. The maximum absolute atomic E-state index is 4.43. The van der Waals surface area contributed by atoms with E-state index in [1.807, 2.05) is 18.2 Å². The summed E-state index contributed by atoms with van der Waals surface area (Å²) >= 11 is 4.43. The molecule has 0 aromatic heterocycles. The Morgan fingerprint density at radius 1 is 1.14 bits per heavy atom. The van der Waals surface area contributed by atoms with Gasteiger partial charge in [0.15, 0.2) is 0 Å². The van der Waals surface area contributed by atoms with Gasteiger partial charge in [0.05, 0.1) is 0 Å². The van der Waals surface area contributed by atoms with Gasteiger partial charge in [-0.3, -0.25) is 0 Å². The molecule has 70 valence electrons. The Hall–Kier alpha value is -1.21. The van der Waals surface area contributed by atoms with Crippen LogP contribution in [0, 0.1) is 0 Å². The van der Waals surface area contributed by atoms with Gasteiger partial charge in [-0.1, -0.05) is 48.6 Å². The fourth-order valence-corrected chi connectivity index (χ4v) is 1.79. The lowest BCUT2D eigenvalue weighted by Gasteiger charge is -2.10. The number of rotatable bonds is 1. The quantitative estimate of drug-likeness (QED) is 0.653. The lowest BCUT2D eigenvalue weighted by atomic mass is 9.98. The van der Waals surface area contributed by atoms with E-state index in [4.69, 9.17) is 0 Å². The first-order valence-electron chi connectivity index (χ1n) is 4.62. The number of benzene rings is 1. The van der Waals surface area contributed by atoms with Crippen LogP contribution in [0.1, 0.15) is 12.0 Å². The second-order valence-electron chi connectivity index (χ2n) is 3.37. The maximum atomic E-state index is 4.43. The average Bonchev–Trinajstić information content (AvgIpc) is 2.20. The highest BCUT2D eigenvalue weighted by Gasteiger charge is 2.04. The number of hydrogen-bond donors (Lipinski definition) is 1. The molecule has 0 nitrogen and oxygen atoms in total. The molecule has 1 aliphatic carbocycles. The molecule has 14 heavy (non-hydrogen) atoms. The summed E-state index contributed by atoms with van der Waals surface area (Å²) in [6, 6.07) is 8.13. The smallest absolute Gasteiger partial charge is 0.0118 e. The van der Waals surface area contributed by atoms with E-state index >= 15 is 0 Å². The van der Waals surface area contributed by atoms with Crippen molar-refractivity contribution < 1.29 is 0 Å². The van der Waals surface area contributed by atoms with E-state index in [0.29, 0.717) is 0 Å². The van der Waals surface area contributed by atoms with Crippen molar-refractivity contribution in [1.29, 1.82) is 0 Å². The Bertz CT molecular complexity index is 425. The maximum Gasteiger partial charge on any atom is 0.0118 e. The molecule has 0 unspecified atom stereocenters. The SMILES string of the molecule is C=C1C=CC(c2ccccc2S)=CC1. The van der Waals surface area contributed by atoms with Gasteiger partial charge in [0.25, 0.3) is 0 Å². The summed E-state index contributed by atoms with van der Waals surface area (Å²) in [5, 5.41) is 0. The highest BCUT2D eigenvalue weighted by atomic mass is 32.1. The molecule has 1 aromatic carbocycles. The molecule has 0 heterocycles. The Morgan fingerprint density at radius 2 is 1.93 bits per heavy atom. The van der Waals surface area contributed by atoms with Crippen molar-refractivity contribution in [1.82, 2.24) is 0 Å². The van der Waals surface area contributed by atoms with Crippen LogP contribution in [0.4, 0.5) is 0 Å². The van der Waals surface area contributed by atoms with Crippen LogP contribution < -0.4 is 0 Å². The summed E-state index contributed by atoms with van der Waals surface area (Å²) in [7, 11) is 0. The fourth-order valence-electron chi connectivity index (χ4n) is 1.50. The van der Waals surface area contributed by atoms with Crippen LogP contribution in [0.25, 0.3) is 5.57 Å². The minimum atomic E-state index is 0.938. The van der Waals surface area contributed by atoms with Crippen LogP contribution in [-0.2, 0) is 0 Å². The van der Waals surface area contributed by atoms with Crippen LogP contribution in [-0.4, -0.2) is 0 Å². The zero-order valence-corrected chi connectivity index (χ0v) is 8.80. The second kappa shape index (κ2) is 3.89. The summed E-state index contributed by atoms with van der Waals surface area (Å²) in [6.07, 6.45) is 7.29. The van der Waals surface area contributed by atoms with E-state index in [1.165, 1.54) is 11.1 Å². The van der Waals surface area contributed by atoms with E-state index in [9.17, 15) is 0 Å². The molecule has 0 amide bonds. The van der Waals surface area contributed by atoms with Gasteiger partial charge in [-0.25, -0.2) is 0 Å². The summed E-state index contributed by atoms with van der Waals surface area (Å²) in [6.45, 7) is 3.91. The molecule has 0 atom stereocenters.